The highest BCUT2D eigenvalue weighted by Crippen LogP contribution is 2.13. The van der Waals surface area contributed by atoms with Crippen LogP contribution in [0.2, 0.25) is 5.02 Å². The molecule has 1 saturated heterocycles. The molecule has 1 N–H and O–H groups in total. The zero-order valence-electron chi connectivity index (χ0n) is 11.9. The van der Waals surface area contributed by atoms with E-state index in [9.17, 15) is 4.79 Å². The lowest BCUT2D eigenvalue weighted by Crippen LogP contribution is -2.50. The smallest absolute Gasteiger partial charge is 0.317 e. The van der Waals surface area contributed by atoms with Crippen molar-refractivity contribution in [3.05, 3.63) is 35.2 Å². The van der Waals surface area contributed by atoms with Crippen molar-refractivity contribution in [2.24, 2.45) is 0 Å². The second kappa shape index (κ2) is 5.91. The molecule has 0 saturated carbocycles. The molecule has 3 heterocycles. The van der Waals surface area contributed by atoms with E-state index in [2.05, 4.69) is 15.2 Å². The minimum atomic E-state index is -0.00276. The minimum absolute atomic E-state index is 0.00276. The van der Waals surface area contributed by atoms with Gasteiger partial charge in [0.15, 0.2) is 0 Å². The number of hydrogen-bond donors (Lipinski definition) is 1. The molecule has 2 aromatic heterocycles. The average Bonchev–Trinajstić information content (AvgIpc) is 2.88. The number of amides is 2. The van der Waals surface area contributed by atoms with Crippen molar-refractivity contribution in [3.63, 3.8) is 0 Å². The molecular weight excluding hydrogens is 290 g/mol. The molecule has 0 spiro atoms. The summed E-state index contributed by atoms with van der Waals surface area (Å²) >= 11 is 5.98. The fourth-order valence-electron chi connectivity index (χ4n) is 2.59. The van der Waals surface area contributed by atoms with Gasteiger partial charge in [0, 0.05) is 52.2 Å². The van der Waals surface area contributed by atoms with Gasteiger partial charge in [-0.1, -0.05) is 11.6 Å². The zero-order chi connectivity index (χ0) is 14.8. The predicted molar refractivity (Wildman–Crippen MR) is 81.5 cm³/mol. The summed E-state index contributed by atoms with van der Waals surface area (Å²) < 4.78 is 1.94. The van der Waals surface area contributed by atoms with Crippen molar-refractivity contribution in [2.75, 3.05) is 33.2 Å². The quantitative estimate of drug-likeness (QED) is 0.913. The fourth-order valence-corrected chi connectivity index (χ4v) is 2.76. The maximum Gasteiger partial charge on any atom is 0.317 e. The first-order chi connectivity index (χ1) is 10.2. The molecule has 0 bridgehead atoms. The van der Waals surface area contributed by atoms with Crippen molar-refractivity contribution in [3.8, 4) is 0 Å². The lowest BCUT2D eigenvalue weighted by atomic mass is 10.3. The number of carbonyl (C=O) groups is 1. The van der Waals surface area contributed by atoms with Crippen LogP contribution in [0.1, 0.15) is 5.69 Å². The number of nitrogens with zero attached hydrogens (tertiary/aromatic N) is 4. The van der Waals surface area contributed by atoms with Gasteiger partial charge in [0.2, 0.25) is 0 Å². The Kier molecular flexibility index (Phi) is 3.98. The Morgan fingerprint density at radius 3 is 2.76 bits per heavy atom. The standard InChI is InChI=1S/C14H18ClN5O/c1-16-14(21)19-6-4-18(5-7-19)9-12-10-20-8-11(15)2-3-13(20)17-12/h2-3,8,10H,4-7,9H2,1H3,(H,16,21). The number of urea groups is 1. The van der Waals surface area contributed by atoms with Crippen LogP contribution in [0, 0.1) is 0 Å². The maximum atomic E-state index is 11.5. The van der Waals surface area contributed by atoms with Crippen molar-refractivity contribution in [1.29, 1.82) is 0 Å². The van der Waals surface area contributed by atoms with E-state index in [1.165, 1.54) is 0 Å². The topological polar surface area (TPSA) is 52.9 Å². The normalized spacial score (nSPS) is 16.4. The maximum absolute atomic E-state index is 11.5. The first-order valence-corrected chi connectivity index (χ1v) is 7.35. The van der Waals surface area contributed by atoms with E-state index >= 15 is 0 Å². The predicted octanol–water partition coefficient (Wildman–Crippen LogP) is 1.44. The highest BCUT2D eigenvalue weighted by atomic mass is 35.5. The van der Waals surface area contributed by atoms with Crippen molar-refractivity contribution in [2.45, 2.75) is 6.54 Å². The van der Waals surface area contributed by atoms with E-state index in [0.29, 0.717) is 5.02 Å². The van der Waals surface area contributed by atoms with Gasteiger partial charge in [-0.15, -0.1) is 0 Å². The van der Waals surface area contributed by atoms with Crippen LogP contribution in [0.4, 0.5) is 4.79 Å². The molecular formula is C14H18ClN5O. The molecule has 112 valence electrons. The Hall–Kier alpha value is -1.79. The Morgan fingerprint density at radius 1 is 1.29 bits per heavy atom. The van der Waals surface area contributed by atoms with Gasteiger partial charge >= 0.3 is 6.03 Å². The number of carbonyl (C=O) groups excluding carboxylic acids is 1. The Labute approximate surface area is 128 Å². The summed E-state index contributed by atoms with van der Waals surface area (Å²) in [4.78, 5) is 20.3. The molecule has 0 radical (unpaired) electrons. The van der Waals surface area contributed by atoms with Gasteiger partial charge < -0.3 is 14.6 Å². The second-order valence-electron chi connectivity index (χ2n) is 5.16. The van der Waals surface area contributed by atoms with Crippen molar-refractivity contribution in [1.82, 2.24) is 24.5 Å². The molecule has 6 nitrogen and oxygen atoms in total. The van der Waals surface area contributed by atoms with Crippen LogP contribution in [0.25, 0.3) is 5.65 Å². The Bertz CT molecular complexity index is 648. The number of rotatable bonds is 2. The summed E-state index contributed by atoms with van der Waals surface area (Å²) in [6.07, 6.45) is 3.86. The Morgan fingerprint density at radius 2 is 2.05 bits per heavy atom. The van der Waals surface area contributed by atoms with Crippen molar-refractivity contribution < 1.29 is 4.79 Å². The van der Waals surface area contributed by atoms with E-state index in [0.717, 1.165) is 44.1 Å². The number of hydrogen-bond acceptors (Lipinski definition) is 3. The van der Waals surface area contributed by atoms with Gasteiger partial charge in [0.1, 0.15) is 5.65 Å². The monoisotopic (exact) mass is 307 g/mol. The molecule has 21 heavy (non-hydrogen) atoms. The number of halogens is 1. The molecule has 0 atom stereocenters. The van der Waals surface area contributed by atoms with Gasteiger partial charge in [-0.25, -0.2) is 9.78 Å². The van der Waals surface area contributed by atoms with Crippen LogP contribution >= 0.6 is 11.6 Å². The number of imidazole rings is 1. The lowest BCUT2D eigenvalue weighted by Gasteiger charge is -2.33. The number of piperazine rings is 1. The van der Waals surface area contributed by atoms with E-state index in [-0.39, 0.29) is 6.03 Å². The zero-order valence-corrected chi connectivity index (χ0v) is 12.7. The molecule has 2 aromatic rings. The minimum Gasteiger partial charge on any atom is -0.341 e. The highest BCUT2D eigenvalue weighted by molar-refractivity contribution is 6.30. The molecule has 0 aromatic carbocycles. The van der Waals surface area contributed by atoms with Crippen molar-refractivity contribution >= 4 is 23.3 Å². The van der Waals surface area contributed by atoms with Crippen LogP contribution in [0.5, 0.6) is 0 Å². The average molecular weight is 308 g/mol. The van der Waals surface area contributed by atoms with Gasteiger partial charge in [0.05, 0.1) is 10.7 Å². The fraction of sp³-hybridized carbons (Fsp3) is 0.429. The molecule has 1 aliphatic rings. The van der Waals surface area contributed by atoms with Gasteiger partial charge in [0.25, 0.3) is 0 Å². The van der Waals surface area contributed by atoms with Gasteiger partial charge in [-0.05, 0) is 12.1 Å². The summed E-state index contributed by atoms with van der Waals surface area (Å²) in [6.45, 7) is 4.02. The lowest BCUT2D eigenvalue weighted by molar-refractivity contribution is 0.136. The van der Waals surface area contributed by atoms with Crippen LogP contribution < -0.4 is 5.32 Å². The van der Waals surface area contributed by atoms with Crippen LogP contribution in [-0.4, -0.2) is 58.4 Å². The second-order valence-corrected chi connectivity index (χ2v) is 5.60. The SMILES string of the molecule is CNC(=O)N1CCN(Cc2cn3cc(Cl)ccc3n2)CC1. The summed E-state index contributed by atoms with van der Waals surface area (Å²) in [5.41, 5.74) is 1.92. The molecule has 2 amide bonds. The number of aromatic nitrogens is 2. The third-order valence-corrected chi connectivity index (χ3v) is 3.95. The van der Waals surface area contributed by atoms with E-state index in [1.807, 2.05) is 33.8 Å². The first kappa shape index (κ1) is 14.2. The molecule has 3 rings (SSSR count). The molecule has 1 aliphatic heterocycles. The van der Waals surface area contributed by atoms with Crippen LogP contribution in [-0.2, 0) is 6.54 Å². The van der Waals surface area contributed by atoms with Gasteiger partial charge in [-0.3, -0.25) is 4.90 Å². The Balaban J connectivity index is 1.63. The highest BCUT2D eigenvalue weighted by Gasteiger charge is 2.20. The molecule has 1 fully saturated rings. The first-order valence-electron chi connectivity index (χ1n) is 6.98. The summed E-state index contributed by atoms with van der Waals surface area (Å²) in [7, 11) is 1.66. The largest absolute Gasteiger partial charge is 0.341 e. The van der Waals surface area contributed by atoms with Crippen LogP contribution in [0.3, 0.4) is 0 Å². The number of fused-ring (bicyclic) bond motifs is 1. The van der Waals surface area contributed by atoms with E-state index in [1.54, 1.807) is 7.05 Å². The third kappa shape index (κ3) is 3.11. The van der Waals surface area contributed by atoms with Gasteiger partial charge in [-0.2, -0.15) is 0 Å². The number of pyridine rings is 1. The summed E-state index contributed by atoms with van der Waals surface area (Å²) in [5, 5.41) is 3.36. The third-order valence-electron chi connectivity index (χ3n) is 3.72. The van der Waals surface area contributed by atoms with Crippen LogP contribution in [0.15, 0.2) is 24.5 Å². The number of nitrogens with one attached hydrogen (secondary N) is 1. The molecule has 7 heteroatoms. The molecule has 0 aliphatic carbocycles. The van der Waals surface area contributed by atoms with E-state index < -0.39 is 0 Å². The summed E-state index contributed by atoms with van der Waals surface area (Å²) in [5.74, 6) is 0. The van der Waals surface area contributed by atoms with E-state index in [4.69, 9.17) is 11.6 Å². The summed E-state index contributed by atoms with van der Waals surface area (Å²) in [6, 6.07) is 3.75. The molecule has 0 unspecified atom stereocenters.